The Kier molecular flexibility index (Phi) is 12.3. The lowest BCUT2D eigenvalue weighted by molar-refractivity contribution is -0.137. The number of methoxy groups -OCH3 is 1. The number of aromatic nitrogens is 4. The molecule has 0 radical (unpaired) electrons. The van der Waals surface area contributed by atoms with E-state index in [0.717, 1.165) is 0 Å². The van der Waals surface area contributed by atoms with Crippen LogP contribution in [-0.2, 0) is 32.5 Å². The molecule has 264 valence electrons. The van der Waals surface area contributed by atoms with Gasteiger partial charge in [0.15, 0.2) is 0 Å². The normalized spacial score (nSPS) is 11.8. The molecule has 0 unspecified atom stereocenters. The molecule has 18 heteroatoms. The van der Waals surface area contributed by atoms with Gasteiger partial charge in [0.05, 0.1) is 49.6 Å². The number of alkyl halides is 3. The van der Waals surface area contributed by atoms with Crippen LogP contribution < -0.4 is 20.7 Å². The predicted octanol–water partition coefficient (Wildman–Crippen LogP) is 6.50. The third kappa shape index (κ3) is 9.12. The summed E-state index contributed by atoms with van der Waals surface area (Å²) in [5, 5.41) is 20.8. The second-order valence-corrected chi connectivity index (χ2v) is 12.4. The lowest BCUT2D eigenvalue weighted by Gasteiger charge is -2.19. The van der Waals surface area contributed by atoms with Gasteiger partial charge in [0.1, 0.15) is 22.9 Å². The fourth-order valence-corrected chi connectivity index (χ4v) is 6.47. The number of anilines is 4. The summed E-state index contributed by atoms with van der Waals surface area (Å²) in [7, 11) is -0.816. The monoisotopic (exact) mass is 709 g/mol. The van der Waals surface area contributed by atoms with Crippen LogP contribution in [0.5, 0.6) is 5.75 Å². The fraction of sp³-hybridized carbons (Fsp3) is 0.355. The number of benzene rings is 2. The summed E-state index contributed by atoms with van der Waals surface area (Å²) in [6.45, 7) is 4.03. The molecule has 0 saturated heterocycles. The van der Waals surface area contributed by atoms with Crippen molar-refractivity contribution in [3.8, 4) is 16.9 Å². The number of carbonyl (C=O) groups is 1. The molecule has 0 saturated carbocycles. The molecule has 2 aromatic heterocycles. The second-order valence-electron chi connectivity index (χ2n) is 10.3. The first-order valence-corrected chi connectivity index (χ1v) is 16.8. The van der Waals surface area contributed by atoms with Crippen molar-refractivity contribution < 1.29 is 45.8 Å². The van der Waals surface area contributed by atoms with E-state index in [0.29, 0.717) is 30.3 Å². The van der Waals surface area contributed by atoms with Gasteiger partial charge in [0.2, 0.25) is 5.95 Å². The molecule has 2 aromatic carbocycles. The van der Waals surface area contributed by atoms with Gasteiger partial charge in [-0.25, -0.2) is 9.37 Å². The van der Waals surface area contributed by atoms with E-state index in [1.54, 1.807) is 26.0 Å². The number of hydrogen-bond donors (Lipinski definition) is 4. The van der Waals surface area contributed by atoms with Crippen molar-refractivity contribution in [3.63, 3.8) is 0 Å². The molecule has 1 amide bonds. The van der Waals surface area contributed by atoms with Crippen molar-refractivity contribution in [2.75, 3.05) is 44.6 Å². The predicted molar refractivity (Wildman–Crippen MR) is 174 cm³/mol. The van der Waals surface area contributed by atoms with Crippen LogP contribution in [0.1, 0.15) is 41.8 Å². The molecule has 49 heavy (non-hydrogen) atoms. The molecule has 4 rings (SSSR count). The average molecular weight is 710 g/mol. The summed E-state index contributed by atoms with van der Waals surface area (Å²) >= 11 is 0. The zero-order valence-corrected chi connectivity index (χ0v) is 28.0. The van der Waals surface area contributed by atoms with Crippen LogP contribution in [0.25, 0.3) is 11.1 Å². The van der Waals surface area contributed by atoms with Gasteiger partial charge in [-0.05, 0) is 50.1 Å². The van der Waals surface area contributed by atoms with E-state index in [1.165, 1.54) is 49.4 Å². The van der Waals surface area contributed by atoms with E-state index in [4.69, 9.17) is 18.9 Å². The van der Waals surface area contributed by atoms with Crippen LogP contribution in [0.3, 0.4) is 0 Å². The van der Waals surface area contributed by atoms with Crippen molar-refractivity contribution >= 4 is 36.6 Å². The Hall–Kier alpha value is -4.57. The molecule has 0 atom stereocenters. The van der Waals surface area contributed by atoms with E-state index in [-0.39, 0.29) is 54.6 Å². The fourth-order valence-electron chi connectivity index (χ4n) is 4.78. The summed E-state index contributed by atoms with van der Waals surface area (Å²) in [5.74, 6) is -2.73. The van der Waals surface area contributed by atoms with Crippen LogP contribution in [-0.4, -0.2) is 64.7 Å². The highest BCUT2D eigenvalue weighted by molar-refractivity contribution is 7.53. The Bertz CT molecular complexity index is 1810. The summed E-state index contributed by atoms with van der Waals surface area (Å²) in [6, 6.07) is 7.26. The Morgan fingerprint density at radius 3 is 2.41 bits per heavy atom. The van der Waals surface area contributed by atoms with Gasteiger partial charge in [-0.2, -0.15) is 23.3 Å². The first kappa shape index (κ1) is 37.3. The summed E-state index contributed by atoms with van der Waals surface area (Å²) < 4.78 is 88.9. The minimum Gasteiger partial charge on any atom is -0.495 e. The Labute approximate surface area is 279 Å². The first-order valence-electron chi connectivity index (χ1n) is 15.1. The van der Waals surface area contributed by atoms with E-state index < -0.39 is 42.4 Å². The molecule has 0 aliphatic heterocycles. The summed E-state index contributed by atoms with van der Waals surface area (Å²) in [4.78, 5) is 20.7. The molecule has 0 fully saturated rings. The molecule has 0 spiro atoms. The maximum absolute atomic E-state index is 15.9. The van der Waals surface area contributed by atoms with Gasteiger partial charge >= 0.3 is 13.8 Å². The van der Waals surface area contributed by atoms with Crippen molar-refractivity contribution in [3.05, 3.63) is 71.4 Å². The maximum Gasteiger partial charge on any atom is 0.421 e. The third-order valence-electron chi connectivity index (χ3n) is 6.97. The number of nitrogens with zero attached hydrogens (tertiary/aromatic N) is 4. The van der Waals surface area contributed by atoms with Gasteiger partial charge in [-0.3, -0.25) is 14.0 Å². The van der Waals surface area contributed by atoms with Crippen LogP contribution in [0.15, 0.2) is 48.9 Å². The molecule has 0 aliphatic rings. The molecule has 0 aliphatic carbocycles. The lowest BCUT2D eigenvalue weighted by atomic mass is 10.0. The maximum atomic E-state index is 15.9. The molecule has 13 nitrogen and oxygen atoms in total. The van der Waals surface area contributed by atoms with E-state index >= 15 is 4.39 Å². The van der Waals surface area contributed by atoms with E-state index in [2.05, 4.69) is 31.0 Å². The number of aliphatic hydroxyl groups is 1. The van der Waals surface area contributed by atoms with Crippen LogP contribution >= 0.6 is 7.60 Å². The minimum absolute atomic E-state index is 0.0186. The molecule has 2 heterocycles. The summed E-state index contributed by atoms with van der Waals surface area (Å²) in [6.07, 6.45) is -1.12. The van der Waals surface area contributed by atoms with Crippen LogP contribution in [0.4, 0.5) is 40.7 Å². The largest absolute Gasteiger partial charge is 0.495 e. The zero-order valence-electron chi connectivity index (χ0n) is 27.1. The van der Waals surface area contributed by atoms with Crippen molar-refractivity contribution in [2.24, 2.45) is 0 Å². The molecule has 4 N–H and O–H groups in total. The number of ether oxygens (including phenoxy) is 1. The number of amides is 1. The number of rotatable bonds is 16. The van der Waals surface area contributed by atoms with E-state index in [1.807, 2.05) is 0 Å². The van der Waals surface area contributed by atoms with Crippen LogP contribution in [0, 0.1) is 5.82 Å². The van der Waals surface area contributed by atoms with Gasteiger partial charge < -0.3 is 34.8 Å². The third-order valence-corrected chi connectivity index (χ3v) is 9.03. The zero-order chi connectivity index (χ0) is 35.8. The van der Waals surface area contributed by atoms with Gasteiger partial charge in [0, 0.05) is 43.7 Å². The molecular formula is C31H36F4N7O6P. The second kappa shape index (κ2) is 16.2. The number of hydrogen-bond acceptors (Lipinski definition) is 11. The summed E-state index contributed by atoms with van der Waals surface area (Å²) in [5.41, 5.74) is -1.02. The highest BCUT2D eigenvalue weighted by Gasteiger charge is 2.36. The van der Waals surface area contributed by atoms with Gasteiger partial charge in [-0.15, -0.1) is 0 Å². The highest BCUT2D eigenvalue weighted by atomic mass is 31.2. The highest BCUT2D eigenvalue weighted by Crippen LogP contribution is 2.51. The average Bonchev–Trinajstić information content (AvgIpc) is 3.52. The SMILES string of the molecule is CCOP(=O)(Cc1ccc(Nc2ncc(C(F)(F)F)c(Nc3ccc(-c4cnn(CCCO)c4)c(F)c3C(=O)NC)n2)c(OC)c1)OCC. The molecule has 4 aromatic rings. The Balaban J connectivity index is 1.70. The first-order chi connectivity index (χ1) is 23.4. The van der Waals surface area contributed by atoms with Crippen molar-refractivity contribution in [2.45, 2.75) is 39.2 Å². The Morgan fingerprint density at radius 1 is 1.06 bits per heavy atom. The van der Waals surface area contributed by atoms with E-state index in [9.17, 15) is 22.5 Å². The number of aliphatic hydroxyl groups excluding tert-OH is 1. The quantitative estimate of drug-likeness (QED) is 0.0742. The number of aryl methyl sites for hydroxylation is 1. The Morgan fingerprint density at radius 2 is 1.78 bits per heavy atom. The number of halogens is 4. The topological polar surface area (TPSA) is 162 Å². The standard InChI is InChI=1S/C31H36F4N7O6P/c1-5-47-49(45,48-6-2)18-19-8-10-23(25(14-19)46-4)40-30-37-16-22(31(33,34)35)28(41-30)39-24-11-9-21(27(32)26(24)29(44)36-3)20-15-38-42(17-20)12-7-13-43/h8-11,14-17,43H,5-7,12-13,18H2,1-4H3,(H,36,44)(H2,37,39,40,41). The minimum atomic E-state index is -4.93. The number of carbonyl (C=O) groups excluding carboxylic acids is 1. The van der Waals surface area contributed by atoms with Gasteiger partial charge in [0.25, 0.3) is 5.91 Å². The molecular weight excluding hydrogens is 673 g/mol. The van der Waals surface area contributed by atoms with Crippen molar-refractivity contribution in [1.29, 1.82) is 0 Å². The number of nitrogens with one attached hydrogen (secondary N) is 3. The lowest BCUT2D eigenvalue weighted by Crippen LogP contribution is -2.22. The van der Waals surface area contributed by atoms with Crippen LogP contribution in [0.2, 0.25) is 0 Å². The van der Waals surface area contributed by atoms with Gasteiger partial charge in [-0.1, -0.05) is 6.07 Å². The smallest absolute Gasteiger partial charge is 0.421 e. The van der Waals surface area contributed by atoms with Crippen molar-refractivity contribution in [1.82, 2.24) is 25.1 Å². The molecule has 0 bridgehead atoms.